The van der Waals surface area contributed by atoms with Crippen LogP contribution in [0.4, 0.5) is 13.2 Å². The van der Waals surface area contributed by atoms with Gasteiger partial charge in [-0.25, -0.2) is 4.79 Å². The first-order chi connectivity index (χ1) is 11.7. The summed E-state index contributed by atoms with van der Waals surface area (Å²) in [6.45, 7) is 7.32. The van der Waals surface area contributed by atoms with Crippen LogP contribution >= 0.6 is 0 Å². The molecule has 6 nitrogen and oxygen atoms in total. The second-order valence-electron chi connectivity index (χ2n) is 6.00. The Labute approximate surface area is 142 Å². The van der Waals surface area contributed by atoms with Gasteiger partial charge in [0.15, 0.2) is 0 Å². The van der Waals surface area contributed by atoms with Gasteiger partial charge in [-0.3, -0.25) is 4.90 Å². The molecule has 0 saturated carbocycles. The van der Waals surface area contributed by atoms with Crippen molar-refractivity contribution in [2.24, 2.45) is 0 Å². The lowest BCUT2D eigenvalue weighted by atomic mass is 10.0. The van der Waals surface area contributed by atoms with Crippen molar-refractivity contribution in [3.8, 4) is 0 Å². The predicted molar refractivity (Wildman–Crippen MR) is 83.0 cm³/mol. The minimum absolute atomic E-state index is 0.576. The van der Waals surface area contributed by atoms with Crippen LogP contribution in [0.5, 0.6) is 0 Å². The second kappa shape index (κ2) is 7.73. The Kier molecular flexibility index (Phi) is 5.89. The van der Waals surface area contributed by atoms with Gasteiger partial charge < -0.3 is 14.2 Å². The highest BCUT2D eigenvalue weighted by molar-refractivity contribution is 5.73. The first kappa shape index (κ1) is 19.0. The van der Waals surface area contributed by atoms with E-state index in [-0.39, 0.29) is 0 Å². The molecule has 0 radical (unpaired) electrons. The Bertz CT molecular complexity index is 693. The number of carbonyl (C=O) groups is 1. The number of aromatic nitrogens is 2. The lowest BCUT2D eigenvalue weighted by Crippen LogP contribution is -2.35. The SMILES string of the molecule is CC(C)N1CCc2onc(Cn3cccc3)c2C1.O=C(O)C(F)(F)F. The molecule has 25 heavy (non-hydrogen) atoms. The molecule has 1 aliphatic rings. The molecule has 0 amide bonds. The molecule has 2 aromatic heterocycles. The topological polar surface area (TPSA) is 71.5 Å². The van der Waals surface area contributed by atoms with E-state index in [1.54, 1.807) is 0 Å². The summed E-state index contributed by atoms with van der Waals surface area (Å²) in [5.74, 6) is -1.68. The van der Waals surface area contributed by atoms with Crippen LogP contribution < -0.4 is 0 Å². The van der Waals surface area contributed by atoms with Crippen molar-refractivity contribution in [1.29, 1.82) is 0 Å². The first-order valence-corrected chi connectivity index (χ1v) is 7.79. The van der Waals surface area contributed by atoms with Gasteiger partial charge in [0.2, 0.25) is 0 Å². The molecule has 3 rings (SSSR count). The van der Waals surface area contributed by atoms with Gasteiger partial charge in [-0.15, -0.1) is 0 Å². The van der Waals surface area contributed by atoms with Crippen molar-refractivity contribution < 1.29 is 27.6 Å². The van der Waals surface area contributed by atoms with Gasteiger partial charge >= 0.3 is 12.1 Å². The van der Waals surface area contributed by atoms with Crippen LogP contribution in [-0.2, 0) is 24.3 Å². The number of carboxylic acids is 1. The zero-order valence-corrected chi connectivity index (χ0v) is 14.0. The van der Waals surface area contributed by atoms with Crippen LogP contribution in [0.15, 0.2) is 29.0 Å². The molecule has 0 unspecified atom stereocenters. The fourth-order valence-corrected chi connectivity index (χ4v) is 2.50. The van der Waals surface area contributed by atoms with Gasteiger partial charge in [-0.1, -0.05) is 5.16 Å². The molecular weight excluding hydrogens is 339 g/mol. The average Bonchev–Trinajstić information content (AvgIpc) is 3.17. The highest BCUT2D eigenvalue weighted by Crippen LogP contribution is 2.24. The molecule has 0 spiro atoms. The van der Waals surface area contributed by atoms with E-state index in [1.165, 1.54) is 5.56 Å². The Morgan fingerprint density at radius 2 is 1.96 bits per heavy atom. The maximum Gasteiger partial charge on any atom is 0.490 e. The second-order valence-corrected chi connectivity index (χ2v) is 6.00. The van der Waals surface area contributed by atoms with Crippen molar-refractivity contribution in [2.45, 2.75) is 45.6 Å². The van der Waals surface area contributed by atoms with Crippen molar-refractivity contribution in [3.05, 3.63) is 41.5 Å². The summed E-state index contributed by atoms with van der Waals surface area (Å²) in [4.78, 5) is 11.4. The van der Waals surface area contributed by atoms with Crippen LogP contribution in [0.1, 0.15) is 30.9 Å². The molecule has 0 bridgehead atoms. The normalized spacial score (nSPS) is 14.8. The highest BCUT2D eigenvalue weighted by Gasteiger charge is 2.38. The minimum atomic E-state index is -5.08. The van der Waals surface area contributed by atoms with E-state index in [0.717, 1.165) is 37.5 Å². The van der Waals surface area contributed by atoms with E-state index in [0.29, 0.717) is 6.04 Å². The lowest BCUT2D eigenvalue weighted by Gasteiger charge is -2.29. The van der Waals surface area contributed by atoms with Gasteiger partial charge in [0.1, 0.15) is 11.5 Å². The summed E-state index contributed by atoms with van der Waals surface area (Å²) in [6.07, 6.45) is 0.0143. The number of alkyl halides is 3. The maximum absolute atomic E-state index is 10.6. The third kappa shape index (κ3) is 5.09. The Hall–Kier alpha value is -2.29. The van der Waals surface area contributed by atoms with Crippen LogP contribution in [0.3, 0.4) is 0 Å². The third-order valence-corrected chi connectivity index (χ3v) is 3.91. The average molecular weight is 359 g/mol. The highest BCUT2D eigenvalue weighted by atomic mass is 19.4. The van der Waals surface area contributed by atoms with Gasteiger partial charge in [-0.2, -0.15) is 13.2 Å². The smallest absolute Gasteiger partial charge is 0.475 e. The number of hydrogen-bond acceptors (Lipinski definition) is 4. The summed E-state index contributed by atoms with van der Waals surface area (Å²) < 4.78 is 39.3. The van der Waals surface area contributed by atoms with E-state index in [2.05, 4.69) is 40.9 Å². The molecule has 1 aliphatic heterocycles. The molecule has 1 N–H and O–H groups in total. The van der Waals surface area contributed by atoms with Gasteiger partial charge in [0, 0.05) is 43.5 Å². The van der Waals surface area contributed by atoms with Gasteiger partial charge in [-0.05, 0) is 26.0 Å². The predicted octanol–water partition coefficient (Wildman–Crippen LogP) is 2.92. The third-order valence-electron chi connectivity index (χ3n) is 3.91. The van der Waals surface area contributed by atoms with Crippen LogP contribution in [0.2, 0.25) is 0 Å². The quantitative estimate of drug-likeness (QED) is 0.912. The molecule has 0 saturated heterocycles. The fourth-order valence-electron chi connectivity index (χ4n) is 2.50. The van der Waals surface area contributed by atoms with Crippen LogP contribution in [0, 0.1) is 0 Å². The number of aliphatic carboxylic acids is 1. The van der Waals surface area contributed by atoms with Crippen molar-refractivity contribution in [3.63, 3.8) is 0 Å². The molecule has 9 heteroatoms. The number of carboxylic acid groups (broad SMARTS) is 1. The fraction of sp³-hybridized carbons (Fsp3) is 0.500. The Morgan fingerprint density at radius 1 is 1.36 bits per heavy atom. The Balaban J connectivity index is 0.000000277. The molecule has 0 aromatic carbocycles. The first-order valence-electron chi connectivity index (χ1n) is 7.79. The van der Waals surface area contributed by atoms with E-state index in [1.807, 2.05) is 12.1 Å². The maximum atomic E-state index is 10.6. The van der Waals surface area contributed by atoms with Crippen LogP contribution in [-0.4, -0.2) is 44.5 Å². The monoisotopic (exact) mass is 359 g/mol. The minimum Gasteiger partial charge on any atom is -0.475 e. The lowest BCUT2D eigenvalue weighted by molar-refractivity contribution is -0.192. The summed E-state index contributed by atoms with van der Waals surface area (Å²) in [6, 6.07) is 4.65. The van der Waals surface area contributed by atoms with E-state index < -0.39 is 12.1 Å². The summed E-state index contributed by atoms with van der Waals surface area (Å²) in [5.41, 5.74) is 2.37. The summed E-state index contributed by atoms with van der Waals surface area (Å²) in [5, 5.41) is 11.4. The van der Waals surface area contributed by atoms with Gasteiger partial charge in [0.05, 0.1) is 6.54 Å². The summed E-state index contributed by atoms with van der Waals surface area (Å²) >= 11 is 0. The zero-order chi connectivity index (χ0) is 18.6. The number of halogens is 3. The molecule has 3 heterocycles. The Morgan fingerprint density at radius 3 is 2.48 bits per heavy atom. The van der Waals surface area contributed by atoms with Crippen molar-refractivity contribution in [1.82, 2.24) is 14.6 Å². The van der Waals surface area contributed by atoms with Crippen molar-refractivity contribution >= 4 is 5.97 Å². The van der Waals surface area contributed by atoms with Crippen molar-refractivity contribution in [2.75, 3.05) is 6.54 Å². The molecule has 0 fully saturated rings. The molecular formula is C16H20F3N3O3. The van der Waals surface area contributed by atoms with E-state index in [4.69, 9.17) is 14.4 Å². The number of rotatable bonds is 3. The number of nitrogens with zero attached hydrogens (tertiary/aromatic N) is 3. The number of fused-ring (bicyclic) bond motifs is 1. The molecule has 138 valence electrons. The zero-order valence-electron chi connectivity index (χ0n) is 14.0. The van der Waals surface area contributed by atoms with E-state index in [9.17, 15) is 13.2 Å². The number of hydrogen-bond donors (Lipinski definition) is 1. The van der Waals surface area contributed by atoms with Crippen LogP contribution in [0.25, 0.3) is 0 Å². The van der Waals surface area contributed by atoms with Gasteiger partial charge in [0.25, 0.3) is 0 Å². The molecule has 2 aromatic rings. The largest absolute Gasteiger partial charge is 0.490 e. The molecule has 0 aliphatic carbocycles. The molecule has 0 atom stereocenters. The standard InChI is InChI=1S/C14H19N3O.C2HF3O2/c1-11(2)17-8-5-14-12(9-17)13(15-18-14)10-16-6-3-4-7-16;3-2(4,5)1(6)7/h3-4,6-7,11H,5,8-10H2,1-2H3;(H,6,7). The van der Waals surface area contributed by atoms with E-state index >= 15 is 0 Å². The summed E-state index contributed by atoms with van der Waals surface area (Å²) in [7, 11) is 0.